The summed E-state index contributed by atoms with van der Waals surface area (Å²) in [6.45, 7) is 3.70. The van der Waals surface area contributed by atoms with E-state index in [1.54, 1.807) is 6.21 Å². The molecule has 0 unspecified atom stereocenters. The largest absolute Gasteiger partial charge is 0.460 e. The molecule has 5 nitrogen and oxygen atoms in total. The number of ether oxygens (including phenoxy) is 1. The Kier molecular flexibility index (Phi) is 3.56. The molecular formula is C12H18N4O. The number of hydrogen-bond donors (Lipinski definition) is 1. The van der Waals surface area contributed by atoms with Crippen LogP contribution in [0, 0.1) is 6.92 Å². The van der Waals surface area contributed by atoms with Crippen molar-refractivity contribution in [3.8, 4) is 6.01 Å². The topological polar surface area (TPSA) is 73.4 Å². The van der Waals surface area contributed by atoms with Gasteiger partial charge in [-0.2, -0.15) is 9.97 Å². The number of nitrogen functional groups attached to an aromatic ring is 1. The van der Waals surface area contributed by atoms with Crippen molar-refractivity contribution >= 4 is 17.7 Å². The third kappa shape index (κ3) is 2.72. The maximum atomic E-state index is 5.84. The van der Waals surface area contributed by atoms with E-state index >= 15 is 0 Å². The van der Waals surface area contributed by atoms with Crippen LogP contribution in [-0.2, 0) is 0 Å². The Bertz CT molecular complexity index is 402. The van der Waals surface area contributed by atoms with E-state index < -0.39 is 0 Å². The van der Waals surface area contributed by atoms with Crippen LogP contribution < -0.4 is 10.5 Å². The first-order valence-corrected chi connectivity index (χ1v) is 6.00. The Morgan fingerprint density at radius 1 is 1.35 bits per heavy atom. The van der Waals surface area contributed by atoms with E-state index in [-0.39, 0.29) is 6.10 Å². The van der Waals surface area contributed by atoms with E-state index in [1.807, 2.05) is 13.8 Å². The molecule has 2 rings (SSSR count). The van der Waals surface area contributed by atoms with Gasteiger partial charge >= 0.3 is 6.01 Å². The molecule has 1 aliphatic rings. The average Bonchev–Trinajstić information content (AvgIpc) is 2.76. The van der Waals surface area contributed by atoms with Gasteiger partial charge in [-0.25, -0.2) is 0 Å². The minimum absolute atomic E-state index is 0.245. The number of anilines is 1. The van der Waals surface area contributed by atoms with Crippen molar-refractivity contribution in [1.82, 2.24) is 9.97 Å². The maximum absolute atomic E-state index is 5.84. The fourth-order valence-corrected chi connectivity index (χ4v) is 2.06. The Hall–Kier alpha value is -1.65. The van der Waals surface area contributed by atoms with Crippen molar-refractivity contribution in [1.29, 1.82) is 0 Å². The lowest BCUT2D eigenvalue weighted by molar-refractivity contribution is 0.192. The standard InChI is InChI=1S/C12H18N4O/c1-3-14-10-8(2)15-12(16-11(10)13)17-9-6-4-5-7-9/h3,9H,4-7H2,1-2H3,(H2,13,15,16)/b14-3-. The molecule has 0 aromatic carbocycles. The molecule has 0 radical (unpaired) electrons. The molecule has 1 saturated carbocycles. The van der Waals surface area contributed by atoms with Gasteiger partial charge in [0.15, 0.2) is 5.82 Å². The van der Waals surface area contributed by atoms with Crippen LogP contribution >= 0.6 is 0 Å². The summed E-state index contributed by atoms with van der Waals surface area (Å²) >= 11 is 0. The van der Waals surface area contributed by atoms with Crippen LogP contribution in [-0.4, -0.2) is 22.3 Å². The van der Waals surface area contributed by atoms with Gasteiger partial charge in [0, 0.05) is 6.21 Å². The molecule has 2 N–H and O–H groups in total. The number of nitrogens with zero attached hydrogens (tertiary/aromatic N) is 3. The summed E-state index contributed by atoms with van der Waals surface area (Å²) in [6, 6.07) is 0.377. The van der Waals surface area contributed by atoms with Gasteiger partial charge < -0.3 is 10.5 Å². The number of aryl methyl sites for hydroxylation is 1. The summed E-state index contributed by atoms with van der Waals surface area (Å²) in [5.41, 5.74) is 7.22. The Labute approximate surface area is 101 Å². The highest BCUT2D eigenvalue weighted by atomic mass is 16.5. The molecular weight excluding hydrogens is 216 g/mol. The van der Waals surface area contributed by atoms with Crippen molar-refractivity contribution in [2.45, 2.75) is 45.6 Å². The molecule has 0 saturated heterocycles. The van der Waals surface area contributed by atoms with E-state index in [0.29, 0.717) is 17.5 Å². The summed E-state index contributed by atoms with van der Waals surface area (Å²) in [5, 5.41) is 0. The SMILES string of the molecule is C/C=N\c1c(C)nc(OC2CCCC2)nc1N. The fraction of sp³-hybridized carbons (Fsp3) is 0.583. The van der Waals surface area contributed by atoms with Gasteiger partial charge in [0.25, 0.3) is 0 Å². The fourth-order valence-electron chi connectivity index (χ4n) is 2.06. The normalized spacial score (nSPS) is 16.8. The third-order valence-electron chi connectivity index (χ3n) is 2.90. The predicted molar refractivity (Wildman–Crippen MR) is 67.9 cm³/mol. The average molecular weight is 234 g/mol. The van der Waals surface area contributed by atoms with Gasteiger partial charge in [-0.05, 0) is 39.5 Å². The quantitative estimate of drug-likeness (QED) is 0.815. The molecule has 1 fully saturated rings. The van der Waals surface area contributed by atoms with Crippen molar-refractivity contribution in [3.63, 3.8) is 0 Å². The van der Waals surface area contributed by atoms with Crippen molar-refractivity contribution in [2.24, 2.45) is 4.99 Å². The monoisotopic (exact) mass is 234 g/mol. The molecule has 0 bridgehead atoms. The summed E-state index contributed by atoms with van der Waals surface area (Å²) in [6.07, 6.45) is 6.53. The smallest absolute Gasteiger partial charge is 0.318 e. The molecule has 0 amide bonds. The van der Waals surface area contributed by atoms with Gasteiger partial charge in [0.2, 0.25) is 0 Å². The number of rotatable bonds is 3. The van der Waals surface area contributed by atoms with Crippen molar-refractivity contribution in [3.05, 3.63) is 5.69 Å². The van der Waals surface area contributed by atoms with Crippen LogP contribution in [0.25, 0.3) is 0 Å². The van der Waals surface area contributed by atoms with Gasteiger partial charge in [-0.1, -0.05) is 0 Å². The lowest BCUT2D eigenvalue weighted by atomic mass is 10.3. The zero-order chi connectivity index (χ0) is 12.3. The second kappa shape index (κ2) is 5.12. The van der Waals surface area contributed by atoms with E-state index in [0.717, 1.165) is 18.5 Å². The minimum Gasteiger partial charge on any atom is -0.460 e. The molecule has 5 heteroatoms. The highest BCUT2D eigenvalue weighted by Gasteiger charge is 2.18. The lowest BCUT2D eigenvalue weighted by Crippen LogP contribution is -2.14. The maximum Gasteiger partial charge on any atom is 0.318 e. The second-order valence-corrected chi connectivity index (χ2v) is 4.24. The van der Waals surface area contributed by atoms with E-state index in [2.05, 4.69) is 15.0 Å². The van der Waals surface area contributed by atoms with Crippen LogP contribution in [0.1, 0.15) is 38.3 Å². The van der Waals surface area contributed by atoms with E-state index in [9.17, 15) is 0 Å². The highest BCUT2D eigenvalue weighted by Crippen LogP contribution is 2.27. The Morgan fingerprint density at radius 3 is 2.65 bits per heavy atom. The molecule has 92 valence electrons. The number of hydrogen-bond acceptors (Lipinski definition) is 5. The highest BCUT2D eigenvalue weighted by molar-refractivity contribution is 5.68. The summed E-state index contributed by atoms with van der Waals surface area (Å²) in [4.78, 5) is 12.6. The van der Waals surface area contributed by atoms with E-state index in [4.69, 9.17) is 10.5 Å². The molecule has 0 aliphatic heterocycles. The first-order valence-electron chi connectivity index (χ1n) is 6.00. The molecule has 1 aliphatic carbocycles. The van der Waals surface area contributed by atoms with Gasteiger partial charge in [0.05, 0.1) is 5.69 Å². The van der Waals surface area contributed by atoms with Crippen LogP contribution in [0.2, 0.25) is 0 Å². The third-order valence-corrected chi connectivity index (χ3v) is 2.90. The lowest BCUT2D eigenvalue weighted by Gasteiger charge is -2.12. The van der Waals surface area contributed by atoms with Gasteiger partial charge in [0.1, 0.15) is 11.8 Å². The summed E-state index contributed by atoms with van der Waals surface area (Å²) in [5.74, 6) is 0.378. The first-order chi connectivity index (χ1) is 8.20. The zero-order valence-electron chi connectivity index (χ0n) is 10.3. The molecule has 0 atom stereocenters. The van der Waals surface area contributed by atoms with E-state index in [1.165, 1.54) is 12.8 Å². The Balaban J connectivity index is 2.19. The predicted octanol–water partition coefficient (Wildman–Crippen LogP) is 2.41. The van der Waals surface area contributed by atoms with Crippen LogP contribution in [0.5, 0.6) is 6.01 Å². The number of aliphatic imine (C=N–C) groups is 1. The summed E-state index contributed by atoms with van der Waals surface area (Å²) in [7, 11) is 0. The van der Waals surface area contributed by atoms with Crippen molar-refractivity contribution in [2.75, 3.05) is 5.73 Å². The molecule has 17 heavy (non-hydrogen) atoms. The number of nitrogens with two attached hydrogens (primary N) is 1. The molecule has 1 heterocycles. The Morgan fingerprint density at radius 2 is 2.06 bits per heavy atom. The number of aromatic nitrogens is 2. The molecule has 0 spiro atoms. The molecule has 1 aromatic heterocycles. The van der Waals surface area contributed by atoms with Crippen LogP contribution in [0.15, 0.2) is 4.99 Å². The van der Waals surface area contributed by atoms with Crippen LogP contribution in [0.3, 0.4) is 0 Å². The van der Waals surface area contributed by atoms with Gasteiger partial charge in [-0.15, -0.1) is 0 Å². The first kappa shape index (κ1) is 11.8. The minimum atomic E-state index is 0.245. The molecule has 1 aromatic rings. The van der Waals surface area contributed by atoms with Crippen molar-refractivity contribution < 1.29 is 4.74 Å². The second-order valence-electron chi connectivity index (χ2n) is 4.24. The zero-order valence-corrected chi connectivity index (χ0v) is 10.3. The summed E-state index contributed by atoms with van der Waals surface area (Å²) < 4.78 is 5.72. The van der Waals surface area contributed by atoms with Crippen LogP contribution in [0.4, 0.5) is 11.5 Å². The van der Waals surface area contributed by atoms with Gasteiger partial charge in [-0.3, -0.25) is 4.99 Å².